The minimum Gasteiger partial charge on any atom is -0.494 e. The van der Waals surface area contributed by atoms with Crippen LogP contribution in [0.3, 0.4) is 0 Å². The molecule has 0 spiro atoms. The van der Waals surface area contributed by atoms with Crippen molar-refractivity contribution in [3.05, 3.63) is 83.9 Å². The van der Waals surface area contributed by atoms with Gasteiger partial charge in [0.2, 0.25) is 0 Å². The van der Waals surface area contributed by atoms with E-state index in [2.05, 4.69) is 11.7 Å². The fourth-order valence-electron chi connectivity index (χ4n) is 3.62. The second-order valence-corrected chi connectivity index (χ2v) is 9.35. The van der Waals surface area contributed by atoms with Crippen LogP contribution in [0.2, 0.25) is 0 Å². The monoisotopic (exact) mass is 618 g/mol. The second-order valence-electron chi connectivity index (χ2n) is 9.35. The lowest BCUT2D eigenvalue weighted by molar-refractivity contribution is -0.343. The van der Waals surface area contributed by atoms with E-state index in [9.17, 15) is 44.7 Å². The van der Waals surface area contributed by atoms with Crippen molar-refractivity contribution in [3.63, 3.8) is 0 Å². The van der Waals surface area contributed by atoms with E-state index in [4.69, 9.17) is 9.47 Å². The van der Waals surface area contributed by atoms with Crippen molar-refractivity contribution < 1.29 is 58.9 Å². The van der Waals surface area contributed by atoms with Gasteiger partial charge in [0.15, 0.2) is 6.61 Å². The Morgan fingerprint density at radius 2 is 1.19 bits per heavy atom. The molecule has 0 fully saturated rings. The topological polar surface area (TPSA) is 61.8 Å². The molecule has 0 aliphatic rings. The Hall–Kier alpha value is -4.16. The molecule has 43 heavy (non-hydrogen) atoms. The van der Waals surface area contributed by atoms with Gasteiger partial charge in [-0.1, -0.05) is 44.0 Å². The van der Waals surface area contributed by atoms with Crippen LogP contribution in [0, 0.1) is 0 Å². The van der Waals surface area contributed by atoms with Crippen LogP contribution in [-0.4, -0.2) is 49.3 Å². The Morgan fingerprint density at radius 3 is 1.72 bits per heavy atom. The molecular formula is C30H26F8O5. The Bertz CT molecular complexity index is 1360. The molecule has 0 aliphatic heterocycles. The first-order valence-corrected chi connectivity index (χ1v) is 12.9. The molecule has 0 atom stereocenters. The molecule has 13 heteroatoms. The maximum absolute atomic E-state index is 13.6. The lowest BCUT2D eigenvalue weighted by atomic mass is 10.0. The third-order valence-corrected chi connectivity index (χ3v) is 6.16. The van der Waals surface area contributed by atoms with Crippen LogP contribution < -0.4 is 9.47 Å². The first-order valence-electron chi connectivity index (χ1n) is 12.9. The molecule has 232 valence electrons. The highest BCUT2D eigenvalue weighted by molar-refractivity contribution is 5.92. The number of benzene rings is 3. The van der Waals surface area contributed by atoms with E-state index in [1.165, 1.54) is 12.1 Å². The largest absolute Gasteiger partial charge is 0.494 e. The number of esters is 2. The molecule has 0 saturated carbocycles. The van der Waals surface area contributed by atoms with Gasteiger partial charge >= 0.3 is 36.1 Å². The molecule has 0 aliphatic carbocycles. The summed E-state index contributed by atoms with van der Waals surface area (Å²) in [5.41, 5.74) is 1.37. The fraction of sp³-hybridized carbons (Fsp3) is 0.333. The first-order chi connectivity index (χ1) is 20.2. The van der Waals surface area contributed by atoms with Crippen LogP contribution in [0.1, 0.15) is 46.9 Å². The zero-order chi connectivity index (χ0) is 31.8. The fourth-order valence-corrected chi connectivity index (χ4v) is 3.62. The third-order valence-electron chi connectivity index (χ3n) is 6.16. The molecule has 3 aromatic rings. The van der Waals surface area contributed by atoms with Crippen molar-refractivity contribution in [1.29, 1.82) is 0 Å². The summed E-state index contributed by atoms with van der Waals surface area (Å²) in [6, 6.07) is 17.8. The predicted octanol–water partition coefficient (Wildman–Crippen LogP) is 8.47. The summed E-state index contributed by atoms with van der Waals surface area (Å²) >= 11 is 0. The normalized spacial score (nSPS) is 12.2. The van der Waals surface area contributed by atoms with Crippen LogP contribution in [0.25, 0.3) is 11.1 Å². The molecule has 0 unspecified atom stereocenters. The van der Waals surface area contributed by atoms with Gasteiger partial charge in [0.25, 0.3) is 0 Å². The molecule has 0 amide bonds. The maximum Gasteiger partial charge on any atom is 0.381 e. The highest BCUT2D eigenvalue weighted by atomic mass is 19.4. The quantitative estimate of drug-likeness (QED) is 0.0785. The first kappa shape index (κ1) is 33.3. The molecule has 3 aromatic carbocycles. The number of halogens is 8. The van der Waals surface area contributed by atoms with E-state index in [1.54, 1.807) is 12.1 Å². The number of rotatable bonds is 14. The summed E-state index contributed by atoms with van der Waals surface area (Å²) in [7, 11) is 0. The minimum absolute atomic E-state index is 0.0893. The van der Waals surface area contributed by atoms with E-state index in [0.717, 1.165) is 60.4 Å². The van der Waals surface area contributed by atoms with Gasteiger partial charge in [-0.25, -0.2) is 18.4 Å². The van der Waals surface area contributed by atoms with Crippen molar-refractivity contribution in [1.82, 2.24) is 0 Å². The van der Waals surface area contributed by atoms with Gasteiger partial charge in [-0.15, -0.1) is 0 Å². The number of carbonyl (C=O) groups is 2. The van der Waals surface area contributed by atoms with E-state index >= 15 is 0 Å². The average molecular weight is 619 g/mol. The Balaban J connectivity index is 1.55. The Kier molecular flexibility index (Phi) is 10.8. The highest BCUT2D eigenvalue weighted by Crippen LogP contribution is 2.48. The summed E-state index contributed by atoms with van der Waals surface area (Å²) in [5.74, 6) is -20.4. The SMILES string of the molecule is CCCCCOc1ccc(-c2ccc(C(=O)Oc3ccc(C(=O)OCC(F)(F)C(F)(F)C(F)(F)C(F)F)cc3)cc2)cc1. The summed E-state index contributed by atoms with van der Waals surface area (Å²) in [4.78, 5) is 24.5. The van der Waals surface area contributed by atoms with Crippen LogP contribution in [0.4, 0.5) is 35.1 Å². The molecule has 0 saturated heterocycles. The van der Waals surface area contributed by atoms with Gasteiger partial charge in [-0.2, -0.15) is 26.3 Å². The number of unbranched alkanes of at least 4 members (excludes halogenated alkanes) is 2. The standard InChI is InChI=1S/C30H26F8O5/c1-2-3-4-17-41-23-13-9-20(10-14-23)19-5-7-22(8-6-19)26(40)43-24-15-11-21(12-16-24)25(39)42-18-28(33,34)30(37,38)29(35,36)27(31)32/h5-16,27H,2-4,17-18H2,1H3. The average Bonchev–Trinajstić information content (AvgIpc) is 2.98. The van der Waals surface area contributed by atoms with Gasteiger partial charge in [-0.3, -0.25) is 0 Å². The minimum atomic E-state index is -6.50. The molecule has 0 heterocycles. The lowest BCUT2D eigenvalue weighted by Crippen LogP contribution is -2.59. The number of carbonyl (C=O) groups excluding carboxylic acids is 2. The van der Waals surface area contributed by atoms with Crippen LogP contribution >= 0.6 is 0 Å². The van der Waals surface area contributed by atoms with E-state index in [-0.39, 0.29) is 11.3 Å². The number of ether oxygens (including phenoxy) is 3. The van der Waals surface area contributed by atoms with Gasteiger partial charge in [0, 0.05) is 0 Å². The van der Waals surface area contributed by atoms with Gasteiger partial charge in [-0.05, 0) is 66.1 Å². The molecule has 0 bridgehead atoms. The van der Waals surface area contributed by atoms with Crippen molar-refractivity contribution in [2.45, 2.75) is 50.4 Å². The van der Waals surface area contributed by atoms with Gasteiger partial charge < -0.3 is 14.2 Å². The van der Waals surface area contributed by atoms with E-state index < -0.39 is 48.3 Å². The van der Waals surface area contributed by atoms with Crippen molar-refractivity contribution in [2.75, 3.05) is 13.2 Å². The summed E-state index contributed by atoms with van der Waals surface area (Å²) < 4.78 is 119. The number of hydrogen-bond acceptors (Lipinski definition) is 5. The smallest absolute Gasteiger partial charge is 0.381 e. The number of alkyl halides is 8. The molecule has 5 nitrogen and oxygen atoms in total. The van der Waals surface area contributed by atoms with Crippen LogP contribution in [0.15, 0.2) is 72.8 Å². The van der Waals surface area contributed by atoms with Gasteiger partial charge in [0.05, 0.1) is 17.7 Å². The number of hydrogen-bond donors (Lipinski definition) is 0. The molecule has 3 rings (SSSR count). The Labute approximate surface area is 241 Å². The van der Waals surface area contributed by atoms with E-state index in [1.807, 2.05) is 24.3 Å². The van der Waals surface area contributed by atoms with Gasteiger partial charge in [0.1, 0.15) is 11.5 Å². The highest BCUT2D eigenvalue weighted by Gasteiger charge is 2.75. The molecule has 0 aromatic heterocycles. The molecule has 0 N–H and O–H groups in total. The summed E-state index contributed by atoms with van der Waals surface area (Å²) in [6.07, 6.45) is -1.93. The second kappa shape index (κ2) is 13.9. The summed E-state index contributed by atoms with van der Waals surface area (Å²) in [5, 5.41) is 0. The van der Waals surface area contributed by atoms with Crippen molar-refractivity contribution >= 4 is 11.9 Å². The van der Waals surface area contributed by atoms with Crippen LogP contribution in [-0.2, 0) is 4.74 Å². The molecular weight excluding hydrogens is 592 g/mol. The zero-order valence-corrected chi connectivity index (χ0v) is 22.6. The van der Waals surface area contributed by atoms with Crippen molar-refractivity contribution in [3.8, 4) is 22.6 Å². The predicted molar refractivity (Wildman–Crippen MR) is 139 cm³/mol. The maximum atomic E-state index is 13.6. The van der Waals surface area contributed by atoms with Crippen molar-refractivity contribution in [2.24, 2.45) is 0 Å². The zero-order valence-electron chi connectivity index (χ0n) is 22.6. The Morgan fingerprint density at radius 1 is 0.698 bits per heavy atom. The van der Waals surface area contributed by atoms with Crippen LogP contribution in [0.5, 0.6) is 11.5 Å². The summed E-state index contributed by atoms with van der Waals surface area (Å²) in [6.45, 7) is 0.146. The van der Waals surface area contributed by atoms with E-state index in [0.29, 0.717) is 6.61 Å². The third kappa shape index (κ3) is 8.02. The molecule has 0 radical (unpaired) electrons. The lowest BCUT2D eigenvalue weighted by Gasteiger charge is -2.31.